The van der Waals surface area contributed by atoms with Crippen LogP contribution in [0, 0.1) is 13.8 Å². The predicted octanol–water partition coefficient (Wildman–Crippen LogP) is 5.35. The molecule has 8 heteroatoms. The number of hydrogen-bond donors (Lipinski definition) is 0. The van der Waals surface area contributed by atoms with Crippen molar-refractivity contribution in [1.82, 2.24) is 20.3 Å². The Morgan fingerprint density at radius 3 is 2.70 bits per heavy atom. The molecule has 2 aromatic carbocycles. The van der Waals surface area contributed by atoms with Crippen molar-refractivity contribution in [2.75, 3.05) is 0 Å². The van der Waals surface area contributed by atoms with Gasteiger partial charge in [-0.25, -0.2) is 0 Å². The smallest absolute Gasteiger partial charge is 0.277 e. The number of rotatable bonds is 5. The van der Waals surface area contributed by atoms with Crippen LogP contribution in [0.15, 0.2) is 56.6 Å². The molecule has 0 aliphatic rings. The van der Waals surface area contributed by atoms with Gasteiger partial charge in [0.15, 0.2) is 0 Å². The van der Waals surface area contributed by atoms with Gasteiger partial charge >= 0.3 is 0 Å². The second-order valence-electron chi connectivity index (χ2n) is 5.95. The average molecular weight is 399 g/mol. The zero-order valence-corrected chi connectivity index (χ0v) is 16.2. The van der Waals surface area contributed by atoms with E-state index in [0.717, 1.165) is 11.1 Å². The third kappa shape index (κ3) is 3.89. The molecule has 0 N–H and O–H groups in total. The topological polar surface area (TPSA) is 77.8 Å². The molecule has 0 spiro atoms. The molecule has 2 heterocycles. The standard InChI is InChI=1S/C19H15ClN4O2S/c1-11-7-8-13(9-12(11)2)18-22-23-19(25-18)27-10-16-21-17(24-26-16)14-5-3-4-6-15(14)20/h3-9H,10H2,1-2H3. The second-order valence-corrected chi connectivity index (χ2v) is 7.29. The summed E-state index contributed by atoms with van der Waals surface area (Å²) in [6, 6.07) is 13.4. The Labute approximate surface area is 165 Å². The summed E-state index contributed by atoms with van der Waals surface area (Å²) in [5.74, 6) is 1.83. The van der Waals surface area contributed by atoms with Crippen LogP contribution in [0.5, 0.6) is 0 Å². The van der Waals surface area contributed by atoms with E-state index in [0.29, 0.717) is 33.6 Å². The number of aromatic nitrogens is 4. The molecule has 0 aliphatic heterocycles. The van der Waals surface area contributed by atoms with Crippen LogP contribution >= 0.6 is 23.4 Å². The van der Waals surface area contributed by atoms with Crippen LogP contribution in [0.3, 0.4) is 0 Å². The normalized spacial score (nSPS) is 11.1. The Morgan fingerprint density at radius 2 is 1.89 bits per heavy atom. The fraction of sp³-hybridized carbons (Fsp3) is 0.158. The number of aryl methyl sites for hydroxylation is 2. The first-order valence-corrected chi connectivity index (χ1v) is 9.58. The third-order valence-corrected chi connectivity index (χ3v) is 5.20. The fourth-order valence-electron chi connectivity index (χ4n) is 2.45. The van der Waals surface area contributed by atoms with Crippen LogP contribution in [0.4, 0.5) is 0 Å². The highest BCUT2D eigenvalue weighted by atomic mass is 35.5. The van der Waals surface area contributed by atoms with Gasteiger partial charge in [0.2, 0.25) is 17.6 Å². The lowest BCUT2D eigenvalue weighted by Gasteiger charge is -2.00. The maximum atomic E-state index is 6.16. The molecule has 4 rings (SSSR count). The molecule has 2 aromatic heterocycles. The van der Waals surface area contributed by atoms with Gasteiger partial charge in [0.25, 0.3) is 5.22 Å². The second kappa shape index (κ2) is 7.54. The molecule has 0 atom stereocenters. The van der Waals surface area contributed by atoms with Crippen LogP contribution in [0.1, 0.15) is 17.0 Å². The fourth-order valence-corrected chi connectivity index (χ4v) is 3.27. The molecule has 0 fully saturated rings. The van der Waals surface area contributed by atoms with E-state index in [4.69, 9.17) is 20.5 Å². The van der Waals surface area contributed by atoms with E-state index >= 15 is 0 Å². The van der Waals surface area contributed by atoms with Gasteiger partial charge in [0.1, 0.15) is 0 Å². The Kier molecular flexibility index (Phi) is 4.96. The molecule has 136 valence electrons. The van der Waals surface area contributed by atoms with E-state index in [1.165, 1.54) is 22.9 Å². The molecule has 0 aliphatic carbocycles. The SMILES string of the molecule is Cc1ccc(-c2nnc(SCc3nc(-c4ccccc4Cl)no3)o2)cc1C. The summed E-state index contributed by atoms with van der Waals surface area (Å²) in [4.78, 5) is 4.37. The van der Waals surface area contributed by atoms with E-state index in [1.807, 2.05) is 36.4 Å². The highest BCUT2D eigenvalue weighted by Gasteiger charge is 2.14. The number of hydrogen-bond acceptors (Lipinski definition) is 7. The van der Waals surface area contributed by atoms with Crippen molar-refractivity contribution in [3.8, 4) is 22.8 Å². The maximum Gasteiger partial charge on any atom is 0.277 e. The molecular formula is C19H15ClN4O2S. The van der Waals surface area contributed by atoms with E-state index in [1.54, 1.807) is 6.07 Å². The van der Waals surface area contributed by atoms with Gasteiger partial charge in [0.05, 0.1) is 10.8 Å². The van der Waals surface area contributed by atoms with Gasteiger partial charge < -0.3 is 8.94 Å². The van der Waals surface area contributed by atoms with Crippen LogP contribution in [-0.4, -0.2) is 20.3 Å². The van der Waals surface area contributed by atoms with Gasteiger partial charge in [-0.1, -0.05) is 46.7 Å². The van der Waals surface area contributed by atoms with Crippen LogP contribution < -0.4 is 0 Å². The van der Waals surface area contributed by atoms with Crippen molar-refractivity contribution in [2.45, 2.75) is 24.8 Å². The van der Waals surface area contributed by atoms with Crippen molar-refractivity contribution < 1.29 is 8.94 Å². The van der Waals surface area contributed by atoms with Crippen molar-refractivity contribution in [1.29, 1.82) is 0 Å². The number of halogens is 1. The van der Waals surface area contributed by atoms with E-state index in [2.05, 4.69) is 34.2 Å². The molecule has 0 saturated heterocycles. The first-order chi connectivity index (χ1) is 13.1. The zero-order chi connectivity index (χ0) is 18.8. The number of thioether (sulfide) groups is 1. The molecule has 6 nitrogen and oxygen atoms in total. The van der Waals surface area contributed by atoms with Gasteiger partial charge in [0, 0.05) is 11.1 Å². The molecular weight excluding hydrogens is 384 g/mol. The minimum Gasteiger partial charge on any atom is -0.411 e. The zero-order valence-electron chi connectivity index (χ0n) is 14.6. The van der Waals surface area contributed by atoms with Crippen molar-refractivity contribution in [2.24, 2.45) is 0 Å². The lowest BCUT2D eigenvalue weighted by Crippen LogP contribution is -1.84. The summed E-state index contributed by atoms with van der Waals surface area (Å²) in [5, 5.41) is 13.2. The van der Waals surface area contributed by atoms with Gasteiger partial charge in [-0.15, -0.1) is 10.2 Å². The third-order valence-electron chi connectivity index (χ3n) is 4.06. The van der Waals surface area contributed by atoms with Gasteiger partial charge in [-0.2, -0.15) is 4.98 Å². The monoisotopic (exact) mass is 398 g/mol. The number of nitrogens with zero attached hydrogens (tertiary/aromatic N) is 4. The Balaban J connectivity index is 1.45. The van der Waals surface area contributed by atoms with Gasteiger partial charge in [-0.05, 0) is 49.2 Å². The molecule has 0 unspecified atom stereocenters. The summed E-state index contributed by atoms with van der Waals surface area (Å²) in [7, 11) is 0. The molecule has 0 radical (unpaired) electrons. The summed E-state index contributed by atoms with van der Waals surface area (Å²) < 4.78 is 11.0. The Morgan fingerprint density at radius 1 is 1.04 bits per heavy atom. The van der Waals surface area contributed by atoms with E-state index < -0.39 is 0 Å². The predicted molar refractivity (Wildman–Crippen MR) is 104 cm³/mol. The summed E-state index contributed by atoms with van der Waals surface area (Å²) in [6.45, 7) is 4.12. The Hall–Kier alpha value is -2.64. The maximum absolute atomic E-state index is 6.16. The van der Waals surface area contributed by atoms with Crippen molar-refractivity contribution in [3.05, 3.63) is 64.5 Å². The highest BCUT2D eigenvalue weighted by Crippen LogP contribution is 2.28. The van der Waals surface area contributed by atoms with Crippen LogP contribution in [0.2, 0.25) is 5.02 Å². The average Bonchev–Trinajstić information content (AvgIpc) is 3.32. The molecule has 0 saturated carbocycles. The first kappa shape index (κ1) is 17.8. The lowest BCUT2D eigenvalue weighted by molar-refractivity contribution is 0.391. The van der Waals surface area contributed by atoms with Crippen LogP contribution in [0.25, 0.3) is 22.8 Å². The molecule has 0 amide bonds. The first-order valence-electron chi connectivity index (χ1n) is 8.21. The molecule has 4 aromatic rings. The summed E-state index contributed by atoms with van der Waals surface area (Å²) in [6.07, 6.45) is 0. The van der Waals surface area contributed by atoms with Gasteiger partial charge in [-0.3, -0.25) is 0 Å². The summed E-state index contributed by atoms with van der Waals surface area (Å²) >= 11 is 7.50. The van der Waals surface area contributed by atoms with Crippen molar-refractivity contribution >= 4 is 23.4 Å². The minimum absolute atomic E-state index is 0.423. The summed E-state index contributed by atoms with van der Waals surface area (Å²) in [5.41, 5.74) is 4.03. The highest BCUT2D eigenvalue weighted by molar-refractivity contribution is 7.98. The Bertz CT molecular complexity index is 1090. The quantitative estimate of drug-likeness (QED) is 0.419. The molecule has 27 heavy (non-hydrogen) atoms. The van der Waals surface area contributed by atoms with E-state index in [-0.39, 0.29) is 0 Å². The van der Waals surface area contributed by atoms with E-state index in [9.17, 15) is 0 Å². The molecule has 0 bridgehead atoms. The minimum atomic E-state index is 0.423. The largest absolute Gasteiger partial charge is 0.411 e. The lowest BCUT2D eigenvalue weighted by atomic mass is 10.1. The van der Waals surface area contributed by atoms with Crippen molar-refractivity contribution in [3.63, 3.8) is 0 Å². The number of benzene rings is 2. The van der Waals surface area contributed by atoms with Crippen LogP contribution in [-0.2, 0) is 5.75 Å².